The van der Waals surface area contributed by atoms with Crippen LogP contribution < -0.4 is 14.2 Å². The molecule has 1 fully saturated rings. The minimum absolute atomic E-state index is 0.0717. The highest BCUT2D eigenvalue weighted by molar-refractivity contribution is 7.89. The van der Waals surface area contributed by atoms with Crippen molar-refractivity contribution in [1.29, 1.82) is 0 Å². The smallest absolute Gasteiger partial charge is 0.246 e. The molecule has 7 nitrogen and oxygen atoms in total. The number of hydrogen-bond acceptors (Lipinski definition) is 6. The molecule has 0 aliphatic carbocycles. The Morgan fingerprint density at radius 3 is 2.62 bits per heavy atom. The summed E-state index contributed by atoms with van der Waals surface area (Å²) in [5.41, 5.74) is 0.435. The molecule has 154 valence electrons. The van der Waals surface area contributed by atoms with E-state index in [1.807, 2.05) is 6.92 Å². The average molecular weight is 417 g/mol. The zero-order valence-electron chi connectivity index (χ0n) is 16.6. The van der Waals surface area contributed by atoms with Crippen molar-refractivity contribution in [2.45, 2.75) is 30.3 Å². The molecule has 0 bridgehead atoms. The Bertz CT molecular complexity index is 1080. The van der Waals surface area contributed by atoms with E-state index >= 15 is 0 Å². The van der Waals surface area contributed by atoms with Crippen LogP contribution in [-0.2, 0) is 10.0 Å². The molecule has 2 heterocycles. The van der Waals surface area contributed by atoms with Crippen molar-refractivity contribution in [3.05, 3.63) is 47.5 Å². The number of nitrogens with zero attached hydrogens (tertiary/aromatic N) is 1. The Balaban J connectivity index is 1.64. The van der Waals surface area contributed by atoms with Crippen LogP contribution in [0.4, 0.5) is 0 Å². The molecule has 0 amide bonds. The summed E-state index contributed by atoms with van der Waals surface area (Å²) >= 11 is 0. The van der Waals surface area contributed by atoms with Crippen molar-refractivity contribution in [2.75, 3.05) is 27.3 Å². The first-order valence-electron chi connectivity index (χ1n) is 9.33. The molecule has 2 aliphatic rings. The zero-order chi connectivity index (χ0) is 20.8. The molecule has 29 heavy (non-hydrogen) atoms. The molecule has 1 unspecified atom stereocenters. The Hall–Kier alpha value is -2.58. The molecule has 0 saturated carbocycles. The van der Waals surface area contributed by atoms with Gasteiger partial charge >= 0.3 is 0 Å². The first-order valence-corrected chi connectivity index (χ1v) is 10.8. The fourth-order valence-corrected chi connectivity index (χ4v) is 5.72. The van der Waals surface area contributed by atoms with Gasteiger partial charge in [-0.3, -0.25) is 4.79 Å². The molecule has 1 spiro atoms. The second-order valence-electron chi connectivity index (χ2n) is 7.49. The van der Waals surface area contributed by atoms with Crippen LogP contribution >= 0.6 is 0 Å². The van der Waals surface area contributed by atoms with Crippen LogP contribution in [0.2, 0.25) is 0 Å². The normalized spacial score (nSPS) is 21.7. The number of carbonyl (C=O) groups is 1. The molecular weight excluding hydrogens is 394 g/mol. The van der Waals surface area contributed by atoms with Crippen molar-refractivity contribution in [2.24, 2.45) is 0 Å². The quantitative estimate of drug-likeness (QED) is 0.761. The number of sulfonamides is 1. The predicted molar refractivity (Wildman–Crippen MR) is 106 cm³/mol. The van der Waals surface area contributed by atoms with E-state index < -0.39 is 15.6 Å². The van der Waals surface area contributed by atoms with Gasteiger partial charge in [0.25, 0.3) is 0 Å². The predicted octanol–water partition coefficient (Wildman–Crippen LogP) is 2.81. The standard InChI is InChI=1S/C21H23NO6S/c1-14-4-6-19(27-3)20(10-14)29(24,25)22-9-8-21(13-22)12-17(23)16-11-15(26-2)5-7-18(16)28-21/h4-7,10-11H,8-9,12-13H2,1-3H3. The van der Waals surface area contributed by atoms with Gasteiger partial charge in [0.1, 0.15) is 27.7 Å². The molecular formula is C21H23NO6S. The number of rotatable bonds is 4. The van der Waals surface area contributed by atoms with Crippen molar-refractivity contribution in [3.8, 4) is 17.2 Å². The van der Waals surface area contributed by atoms with E-state index in [2.05, 4.69) is 0 Å². The van der Waals surface area contributed by atoms with Crippen molar-refractivity contribution in [1.82, 2.24) is 4.31 Å². The fourth-order valence-electron chi connectivity index (χ4n) is 3.97. The first-order chi connectivity index (χ1) is 13.8. The number of aryl methyl sites for hydroxylation is 1. The Labute approximate surface area is 170 Å². The highest BCUT2D eigenvalue weighted by Gasteiger charge is 2.49. The summed E-state index contributed by atoms with van der Waals surface area (Å²) in [4.78, 5) is 12.9. The largest absolute Gasteiger partial charge is 0.497 e. The van der Waals surface area contributed by atoms with Crippen LogP contribution in [0.3, 0.4) is 0 Å². The lowest BCUT2D eigenvalue weighted by Gasteiger charge is -2.34. The van der Waals surface area contributed by atoms with E-state index in [4.69, 9.17) is 14.2 Å². The minimum atomic E-state index is -3.79. The topological polar surface area (TPSA) is 82.1 Å². The molecule has 4 rings (SSSR count). The summed E-state index contributed by atoms with van der Waals surface area (Å²) in [6, 6.07) is 10.1. The number of hydrogen-bond donors (Lipinski definition) is 0. The molecule has 1 saturated heterocycles. The van der Waals surface area contributed by atoms with Crippen LogP contribution in [0.1, 0.15) is 28.8 Å². The number of ketones is 1. The summed E-state index contributed by atoms with van der Waals surface area (Å²) in [7, 11) is -0.802. The van der Waals surface area contributed by atoms with Gasteiger partial charge in [-0.15, -0.1) is 0 Å². The fraction of sp³-hybridized carbons (Fsp3) is 0.381. The van der Waals surface area contributed by atoms with Gasteiger partial charge in [0.2, 0.25) is 10.0 Å². The summed E-state index contributed by atoms with van der Waals surface area (Å²) in [5, 5.41) is 0. The highest BCUT2D eigenvalue weighted by atomic mass is 32.2. The maximum Gasteiger partial charge on any atom is 0.246 e. The number of Topliss-reactive ketones (excluding diaryl/α,β-unsaturated/α-hetero) is 1. The third kappa shape index (κ3) is 3.36. The van der Waals surface area contributed by atoms with Gasteiger partial charge in [-0.25, -0.2) is 8.42 Å². The minimum Gasteiger partial charge on any atom is -0.497 e. The number of benzene rings is 2. The Kier molecular flexibility index (Phi) is 4.78. The van der Waals surface area contributed by atoms with Crippen molar-refractivity contribution < 1.29 is 27.4 Å². The van der Waals surface area contributed by atoms with Gasteiger partial charge < -0.3 is 14.2 Å². The van der Waals surface area contributed by atoms with E-state index in [0.29, 0.717) is 29.2 Å². The first kappa shape index (κ1) is 19.7. The molecule has 2 aromatic rings. The lowest BCUT2D eigenvalue weighted by Crippen LogP contribution is -2.45. The third-order valence-corrected chi connectivity index (χ3v) is 7.38. The molecule has 2 aromatic carbocycles. The SMILES string of the molecule is COc1ccc2c(c1)C(=O)CC1(CCN(S(=O)(=O)c3cc(C)ccc3OC)C1)O2. The number of fused-ring (bicyclic) bond motifs is 1. The van der Waals surface area contributed by atoms with Crippen LogP contribution in [-0.4, -0.2) is 51.4 Å². The van der Waals surface area contributed by atoms with Crippen LogP contribution in [0.15, 0.2) is 41.3 Å². The van der Waals surface area contributed by atoms with Crippen molar-refractivity contribution >= 4 is 15.8 Å². The van der Waals surface area contributed by atoms with E-state index in [-0.39, 0.29) is 30.2 Å². The third-order valence-electron chi connectivity index (χ3n) is 5.51. The van der Waals surface area contributed by atoms with E-state index in [0.717, 1.165) is 5.56 Å². The molecule has 0 radical (unpaired) electrons. The summed E-state index contributed by atoms with van der Waals surface area (Å²) in [6.45, 7) is 2.22. The lowest BCUT2D eigenvalue weighted by atomic mass is 9.89. The van der Waals surface area contributed by atoms with Gasteiger partial charge in [0.05, 0.1) is 32.7 Å². The number of ether oxygens (including phenoxy) is 3. The van der Waals surface area contributed by atoms with E-state index in [1.54, 1.807) is 36.4 Å². The molecule has 0 N–H and O–H groups in total. The van der Waals surface area contributed by atoms with E-state index in [1.165, 1.54) is 18.5 Å². The molecule has 1 atom stereocenters. The number of carbonyl (C=O) groups excluding carboxylic acids is 1. The van der Waals surface area contributed by atoms with Gasteiger partial charge in [0.15, 0.2) is 5.78 Å². The molecule has 0 aromatic heterocycles. The van der Waals surface area contributed by atoms with Gasteiger partial charge in [-0.1, -0.05) is 6.07 Å². The number of methoxy groups -OCH3 is 2. The van der Waals surface area contributed by atoms with Gasteiger partial charge in [-0.2, -0.15) is 4.31 Å². The maximum atomic E-state index is 13.3. The lowest BCUT2D eigenvalue weighted by molar-refractivity contribution is 0.0497. The second kappa shape index (κ2) is 7.03. The molecule has 8 heteroatoms. The Morgan fingerprint density at radius 2 is 1.90 bits per heavy atom. The van der Waals surface area contributed by atoms with Crippen LogP contribution in [0, 0.1) is 6.92 Å². The van der Waals surface area contributed by atoms with E-state index in [9.17, 15) is 13.2 Å². The Morgan fingerprint density at radius 1 is 1.10 bits per heavy atom. The average Bonchev–Trinajstić information content (AvgIpc) is 3.11. The molecule has 2 aliphatic heterocycles. The highest BCUT2D eigenvalue weighted by Crippen LogP contribution is 2.42. The van der Waals surface area contributed by atoms with Crippen LogP contribution in [0.25, 0.3) is 0 Å². The maximum absolute atomic E-state index is 13.3. The summed E-state index contributed by atoms with van der Waals surface area (Å²) in [5.74, 6) is 1.28. The monoisotopic (exact) mass is 417 g/mol. The summed E-state index contributed by atoms with van der Waals surface area (Å²) in [6.07, 6.45) is 0.571. The second-order valence-corrected chi connectivity index (χ2v) is 9.40. The van der Waals surface area contributed by atoms with Crippen molar-refractivity contribution in [3.63, 3.8) is 0 Å². The van der Waals surface area contributed by atoms with Gasteiger partial charge in [-0.05, 0) is 42.8 Å². The zero-order valence-corrected chi connectivity index (χ0v) is 17.4. The summed E-state index contributed by atoms with van der Waals surface area (Å²) < 4.78 is 44.6. The van der Waals surface area contributed by atoms with Gasteiger partial charge in [0, 0.05) is 13.0 Å². The van der Waals surface area contributed by atoms with Crippen LogP contribution in [0.5, 0.6) is 17.2 Å².